The summed E-state index contributed by atoms with van der Waals surface area (Å²) in [6.07, 6.45) is 0. The van der Waals surface area contributed by atoms with E-state index in [2.05, 4.69) is 0 Å². The maximum absolute atomic E-state index is 12.1. The van der Waals surface area contributed by atoms with Crippen LogP contribution in [0.15, 0.2) is 78.9 Å². The number of rotatable bonds is 5. The lowest BCUT2D eigenvalue weighted by Crippen LogP contribution is -2.33. The standard InChI is InChI=1S/C21H21O4P/c1-16-10-6-8-14-19(16)21(25-26(22,23)24,18-12-4-3-5-13-18)20-15-9-7-11-17(20)2/h3-15H,1-2H3,(H2,22,23,24). The monoisotopic (exact) mass is 368 g/mol. The largest absolute Gasteiger partial charge is 0.471 e. The minimum atomic E-state index is -4.82. The van der Waals surface area contributed by atoms with Crippen molar-refractivity contribution in [2.24, 2.45) is 0 Å². The molecular weight excluding hydrogens is 347 g/mol. The maximum Gasteiger partial charge on any atom is 0.471 e. The smallest absolute Gasteiger partial charge is 0.303 e. The molecule has 2 N–H and O–H groups in total. The van der Waals surface area contributed by atoms with Crippen molar-refractivity contribution in [2.75, 3.05) is 0 Å². The number of benzene rings is 3. The topological polar surface area (TPSA) is 66.8 Å². The molecule has 4 nitrogen and oxygen atoms in total. The molecule has 5 heteroatoms. The van der Waals surface area contributed by atoms with Crippen LogP contribution in [0.5, 0.6) is 0 Å². The van der Waals surface area contributed by atoms with E-state index in [1.54, 1.807) is 0 Å². The Hall–Kier alpha value is -2.23. The van der Waals surface area contributed by atoms with Crippen molar-refractivity contribution >= 4 is 7.82 Å². The molecule has 3 aromatic rings. The van der Waals surface area contributed by atoms with Gasteiger partial charge in [0.1, 0.15) is 0 Å². The van der Waals surface area contributed by atoms with Gasteiger partial charge in [0.25, 0.3) is 0 Å². The van der Waals surface area contributed by atoms with E-state index in [4.69, 9.17) is 4.52 Å². The van der Waals surface area contributed by atoms with Crippen molar-refractivity contribution < 1.29 is 18.9 Å². The Morgan fingerprint density at radius 2 is 1.15 bits per heavy atom. The summed E-state index contributed by atoms with van der Waals surface area (Å²) in [5.74, 6) is 0. The normalized spacial score (nSPS) is 12.2. The molecule has 0 unspecified atom stereocenters. The summed E-state index contributed by atoms with van der Waals surface area (Å²) in [5, 5.41) is 0. The van der Waals surface area contributed by atoms with Crippen LogP contribution in [-0.4, -0.2) is 9.79 Å². The van der Waals surface area contributed by atoms with Crippen molar-refractivity contribution in [1.82, 2.24) is 0 Å². The van der Waals surface area contributed by atoms with E-state index in [-0.39, 0.29) is 0 Å². The van der Waals surface area contributed by atoms with Crippen molar-refractivity contribution in [3.8, 4) is 0 Å². The zero-order chi connectivity index (χ0) is 18.8. The predicted molar refractivity (Wildman–Crippen MR) is 102 cm³/mol. The molecular formula is C21H21O4P. The average Bonchev–Trinajstić information content (AvgIpc) is 2.61. The van der Waals surface area contributed by atoms with Gasteiger partial charge in [-0.25, -0.2) is 4.57 Å². The van der Waals surface area contributed by atoms with Gasteiger partial charge in [-0.05, 0) is 41.7 Å². The fourth-order valence-corrected chi connectivity index (χ4v) is 4.05. The fraction of sp³-hybridized carbons (Fsp3) is 0.143. The van der Waals surface area contributed by atoms with Crippen molar-refractivity contribution in [3.05, 3.63) is 107 Å². The molecule has 0 aliphatic rings. The Morgan fingerprint density at radius 1 is 0.731 bits per heavy atom. The maximum atomic E-state index is 12.1. The van der Waals surface area contributed by atoms with Crippen molar-refractivity contribution in [2.45, 2.75) is 19.4 Å². The first-order valence-electron chi connectivity index (χ1n) is 8.28. The van der Waals surface area contributed by atoms with Crippen LogP contribution in [0.2, 0.25) is 0 Å². The number of phosphoric ester groups is 1. The van der Waals surface area contributed by atoms with Crippen LogP contribution >= 0.6 is 7.82 Å². The number of hydrogen-bond donors (Lipinski definition) is 2. The Bertz CT molecular complexity index is 901. The van der Waals surface area contributed by atoms with Gasteiger partial charge in [0.2, 0.25) is 0 Å². The van der Waals surface area contributed by atoms with E-state index >= 15 is 0 Å². The zero-order valence-electron chi connectivity index (χ0n) is 14.7. The first-order valence-corrected chi connectivity index (χ1v) is 9.81. The van der Waals surface area contributed by atoms with E-state index in [0.29, 0.717) is 16.7 Å². The third-order valence-electron chi connectivity index (χ3n) is 4.48. The fourth-order valence-electron chi connectivity index (χ4n) is 3.39. The van der Waals surface area contributed by atoms with E-state index in [1.807, 2.05) is 92.7 Å². The molecule has 3 aromatic carbocycles. The van der Waals surface area contributed by atoms with Gasteiger partial charge < -0.3 is 9.79 Å². The summed E-state index contributed by atoms with van der Waals surface area (Å²) in [6, 6.07) is 24.2. The molecule has 26 heavy (non-hydrogen) atoms. The van der Waals surface area contributed by atoms with Gasteiger partial charge >= 0.3 is 7.82 Å². The summed E-state index contributed by atoms with van der Waals surface area (Å²) in [4.78, 5) is 19.6. The molecule has 0 spiro atoms. The highest BCUT2D eigenvalue weighted by Crippen LogP contribution is 2.53. The zero-order valence-corrected chi connectivity index (χ0v) is 15.6. The summed E-state index contributed by atoms with van der Waals surface area (Å²) in [6.45, 7) is 3.82. The summed E-state index contributed by atoms with van der Waals surface area (Å²) < 4.78 is 17.7. The molecule has 0 aliphatic heterocycles. The molecule has 0 fully saturated rings. The van der Waals surface area contributed by atoms with E-state index in [0.717, 1.165) is 11.1 Å². The van der Waals surface area contributed by atoms with Crippen LogP contribution < -0.4 is 0 Å². The molecule has 134 valence electrons. The Labute approximate surface area is 153 Å². The second-order valence-corrected chi connectivity index (χ2v) is 7.42. The molecule has 0 bridgehead atoms. The lowest BCUT2D eigenvalue weighted by atomic mass is 9.77. The predicted octanol–water partition coefficient (Wildman–Crippen LogP) is 4.70. The first kappa shape index (κ1) is 18.6. The van der Waals surface area contributed by atoms with Gasteiger partial charge in [-0.2, -0.15) is 0 Å². The lowest BCUT2D eigenvalue weighted by Gasteiger charge is -2.37. The van der Waals surface area contributed by atoms with Crippen molar-refractivity contribution in [3.63, 3.8) is 0 Å². The van der Waals surface area contributed by atoms with Gasteiger partial charge in [-0.1, -0.05) is 78.9 Å². The molecule has 0 saturated heterocycles. The Kier molecular flexibility index (Phi) is 5.12. The van der Waals surface area contributed by atoms with Gasteiger partial charge in [-0.15, -0.1) is 0 Å². The third-order valence-corrected chi connectivity index (χ3v) is 5.00. The van der Waals surface area contributed by atoms with E-state index in [9.17, 15) is 14.4 Å². The lowest BCUT2D eigenvalue weighted by molar-refractivity contribution is 0.0966. The molecule has 3 rings (SSSR count). The quantitative estimate of drug-likeness (QED) is 0.506. The molecule has 0 heterocycles. The Morgan fingerprint density at radius 3 is 1.58 bits per heavy atom. The van der Waals surface area contributed by atoms with Crippen LogP contribution in [-0.2, 0) is 14.7 Å². The van der Waals surface area contributed by atoms with Crippen LogP contribution in [0.4, 0.5) is 0 Å². The summed E-state index contributed by atoms with van der Waals surface area (Å²) in [7, 11) is -4.82. The molecule has 0 amide bonds. The van der Waals surface area contributed by atoms with Crippen LogP contribution in [0.1, 0.15) is 27.8 Å². The highest BCUT2D eigenvalue weighted by Gasteiger charge is 2.44. The van der Waals surface area contributed by atoms with Crippen LogP contribution in [0.25, 0.3) is 0 Å². The SMILES string of the molecule is Cc1ccccc1C(OP(=O)(O)O)(c1ccccc1)c1ccccc1C. The Balaban J connectivity index is 2.45. The van der Waals surface area contributed by atoms with Gasteiger partial charge in [-0.3, -0.25) is 4.52 Å². The van der Waals surface area contributed by atoms with Crippen LogP contribution in [0, 0.1) is 13.8 Å². The number of aryl methyl sites for hydroxylation is 2. The minimum absolute atomic E-state index is 0.659. The van der Waals surface area contributed by atoms with Gasteiger partial charge in [0.05, 0.1) is 0 Å². The number of hydrogen-bond acceptors (Lipinski definition) is 2. The first-order chi connectivity index (χ1) is 12.3. The summed E-state index contributed by atoms with van der Waals surface area (Å²) >= 11 is 0. The highest BCUT2D eigenvalue weighted by molar-refractivity contribution is 7.46. The van der Waals surface area contributed by atoms with E-state index in [1.165, 1.54) is 0 Å². The van der Waals surface area contributed by atoms with Crippen molar-refractivity contribution in [1.29, 1.82) is 0 Å². The third kappa shape index (κ3) is 3.50. The average molecular weight is 368 g/mol. The second kappa shape index (κ2) is 7.18. The second-order valence-electron chi connectivity index (χ2n) is 6.26. The number of phosphoric acid groups is 1. The molecule has 0 radical (unpaired) electrons. The van der Waals surface area contributed by atoms with Gasteiger partial charge in [0, 0.05) is 0 Å². The molecule has 0 aromatic heterocycles. The molecule has 0 atom stereocenters. The van der Waals surface area contributed by atoms with E-state index < -0.39 is 13.4 Å². The molecule has 0 saturated carbocycles. The van der Waals surface area contributed by atoms with Crippen LogP contribution in [0.3, 0.4) is 0 Å². The highest BCUT2D eigenvalue weighted by atomic mass is 31.2. The van der Waals surface area contributed by atoms with Gasteiger partial charge in [0.15, 0.2) is 5.60 Å². The minimum Gasteiger partial charge on any atom is -0.303 e. The summed E-state index contributed by atoms with van der Waals surface area (Å²) in [5.41, 5.74) is 2.40. The molecule has 0 aliphatic carbocycles.